The summed E-state index contributed by atoms with van der Waals surface area (Å²) in [4.78, 5) is -2.52. The molecular weight excluding hydrogens is 365 g/mol. The Kier molecular flexibility index (Phi) is 23.6. The van der Waals surface area contributed by atoms with Gasteiger partial charge in [0.2, 0.25) is 4.89 Å². The molecule has 0 amide bonds. The van der Waals surface area contributed by atoms with Crippen LogP contribution in [0.4, 0.5) is 0 Å². The number of hydrogen-bond acceptors (Lipinski definition) is 3. The summed E-state index contributed by atoms with van der Waals surface area (Å²) in [5.74, 6) is 0.797. The van der Waals surface area contributed by atoms with Crippen molar-refractivity contribution in [3.63, 3.8) is 0 Å². The fourth-order valence-corrected chi connectivity index (χ4v) is 1.43. The molecule has 0 fully saturated rings. The van der Waals surface area contributed by atoms with Crippen LogP contribution in [-0.4, -0.2) is 25.2 Å². The first-order valence-electron chi connectivity index (χ1n) is 4.35. The van der Waals surface area contributed by atoms with Gasteiger partial charge in [0.1, 0.15) is 5.75 Å². The fourth-order valence-electron chi connectivity index (χ4n) is 0.900. The van der Waals surface area contributed by atoms with Gasteiger partial charge in [-0.3, -0.25) is 0 Å². The SMILES string of the molecule is C.C.C.C.COc1ccc(/C=N/N(C)P(=S)(Cl)Cl)cc1.P. The summed E-state index contributed by atoms with van der Waals surface area (Å²) in [6.45, 7) is 0. The summed E-state index contributed by atoms with van der Waals surface area (Å²) >= 11 is 16.5. The average Bonchev–Trinajstić information content (AvgIpc) is 2.25. The lowest BCUT2D eigenvalue weighted by Crippen LogP contribution is -2.00. The lowest BCUT2D eigenvalue weighted by atomic mass is 10.2. The van der Waals surface area contributed by atoms with Gasteiger partial charge >= 0.3 is 0 Å². The Morgan fingerprint density at radius 2 is 1.57 bits per heavy atom. The van der Waals surface area contributed by atoms with Crippen LogP contribution in [0.25, 0.3) is 0 Å². The highest BCUT2D eigenvalue weighted by Crippen LogP contribution is 2.59. The summed E-state index contributed by atoms with van der Waals surface area (Å²) in [7, 11) is 3.27. The van der Waals surface area contributed by atoms with Crippen LogP contribution in [-0.2, 0) is 11.8 Å². The van der Waals surface area contributed by atoms with Crippen LogP contribution in [0.3, 0.4) is 0 Å². The Bertz CT molecular complexity index is 425. The number of halogens is 2. The number of ether oxygens (including phenoxy) is 1. The van der Waals surface area contributed by atoms with E-state index in [1.807, 2.05) is 24.3 Å². The van der Waals surface area contributed by atoms with Gasteiger partial charge in [-0.15, -0.1) is 0 Å². The highest BCUT2D eigenvalue weighted by atomic mass is 35.9. The predicted octanol–water partition coefficient (Wildman–Crippen LogP) is 6.27. The minimum Gasteiger partial charge on any atom is -0.497 e. The van der Waals surface area contributed by atoms with E-state index in [-0.39, 0.29) is 39.6 Å². The van der Waals surface area contributed by atoms with Crippen molar-refractivity contribution in [1.29, 1.82) is 0 Å². The molecule has 1 unspecified atom stereocenters. The minimum absolute atomic E-state index is 0. The van der Waals surface area contributed by atoms with E-state index in [0.29, 0.717) is 0 Å². The monoisotopic (exact) mass is 394 g/mol. The smallest absolute Gasteiger partial charge is 0.222 e. The van der Waals surface area contributed by atoms with Crippen LogP contribution < -0.4 is 4.74 Å². The molecule has 1 rings (SSSR count). The maximum atomic E-state index is 5.78. The molecule has 0 saturated heterocycles. The fraction of sp³-hybridized carbons (Fsp3) is 0.462. The van der Waals surface area contributed by atoms with Gasteiger partial charge in [0.05, 0.1) is 13.3 Å². The van der Waals surface area contributed by atoms with Crippen LogP contribution >= 0.6 is 37.3 Å². The lowest BCUT2D eigenvalue weighted by molar-refractivity contribution is 0.415. The Balaban J connectivity index is -0.000000171. The second kappa shape index (κ2) is 15.1. The molecule has 0 heterocycles. The molecule has 0 aliphatic rings. The molecule has 3 nitrogen and oxygen atoms in total. The van der Waals surface area contributed by atoms with E-state index >= 15 is 0 Å². The molecule has 0 bridgehead atoms. The van der Waals surface area contributed by atoms with Crippen molar-refractivity contribution in [3.05, 3.63) is 29.8 Å². The predicted molar refractivity (Wildman–Crippen MR) is 112 cm³/mol. The second-order valence-electron chi connectivity index (χ2n) is 2.94. The molecule has 0 spiro atoms. The third-order valence-corrected chi connectivity index (χ3v) is 4.63. The molecule has 21 heavy (non-hydrogen) atoms. The first-order chi connectivity index (χ1) is 7.43. The molecule has 0 saturated carbocycles. The zero-order chi connectivity index (χ0) is 12.2. The molecule has 1 aromatic carbocycles. The minimum atomic E-state index is -2.52. The molecule has 128 valence electrons. The van der Waals surface area contributed by atoms with Gasteiger partial charge in [0, 0.05) is 7.05 Å². The number of rotatable bonds is 4. The third-order valence-electron chi connectivity index (χ3n) is 1.83. The van der Waals surface area contributed by atoms with Gasteiger partial charge in [-0.2, -0.15) is 15.0 Å². The van der Waals surface area contributed by atoms with Crippen LogP contribution in [0.1, 0.15) is 35.3 Å². The van der Waals surface area contributed by atoms with E-state index < -0.39 is 4.89 Å². The molecule has 0 aromatic heterocycles. The summed E-state index contributed by atoms with van der Waals surface area (Å²) < 4.78 is 6.44. The van der Waals surface area contributed by atoms with Crippen molar-refractivity contribution in [2.24, 2.45) is 5.10 Å². The van der Waals surface area contributed by atoms with Gasteiger partial charge in [-0.1, -0.05) is 29.7 Å². The van der Waals surface area contributed by atoms with Gasteiger partial charge in [-0.25, -0.2) is 4.78 Å². The number of methoxy groups -OCH3 is 1. The van der Waals surface area contributed by atoms with Gasteiger partial charge in [-0.05, 0) is 64.1 Å². The van der Waals surface area contributed by atoms with E-state index in [9.17, 15) is 0 Å². The van der Waals surface area contributed by atoms with Gasteiger partial charge in [0.25, 0.3) is 0 Å². The van der Waals surface area contributed by atoms with Crippen molar-refractivity contribution < 1.29 is 4.74 Å². The van der Waals surface area contributed by atoms with Crippen molar-refractivity contribution in [1.82, 2.24) is 4.78 Å². The van der Waals surface area contributed by atoms with Gasteiger partial charge in [0.15, 0.2) is 0 Å². The normalized spacial score (nSPS) is 8.95. The molecule has 1 atom stereocenters. The molecule has 0 aliphatic carbocycles. The third kappa shape index (κ3) is 12.4. The molecule has 8 heteroatoms. The van der Waals surface area contributed by atoms with Crippen molar-refractivity contribution >= 4 is 55.3 Å². The van der Waals surface area contributed by atoms with E-state index in [0.717, 1.165) is 11.3 Å². The summed E-state index contributed by atoms with van der Waals surface area (Å²) in [5.41, 5.74) is 0.921. The van der Waals surface area contributed by atoms with E-state index in [2.05, 4.69) is 5.10 Å². The largest absolute Gasteiger partial charge is 0.497 e. The summed E-state index contributed by atoms with van der Waals surface area (Å²) in [6, 6.07) is 7.45. The highest BCUT2D eigenvalue weighted by Gasteiger charge is 2.12. The average molecular weight is 395 g/mol. The summed E-state index contributed by atoms with van der Waals surface area (Å²) in [5, 5.41) is 4.07. The first kappa shape index (κ1) is 32.9. The number of hydrazone groups is 1. The maximum Gasteiger partial charge on any atom is 0.222 e. The standard InChI is InChI=1S/C9H11Cl2N2OPS.4CH4.H3P/c1-13(15(10,11)16)12-7-8-3-5-9(14-2)6-4-8;;;;;/h3-7H,1-2H3;4*1H4;1H3/b12-7+;;;;;. The van der Waals surface area contributed by atoms with Crippen LogP contribution in [0, 0.1) is 0 Å². The molecule has 0 N–H and O–H groups in total. The van der Waals surface area contributed by atoms with Crippen LogP contribution in [0.15, 0.2) is 29.4 Å². The Hall–Kier alpha value is 0.150. The molecule has 1 aromatic rings. The first-order valence-corrected chi connectivity index (χ1v) is 8.91. The number of hydrogen-bond donors (Lipinski definition) is 0. The van der Waals surface area contributed by atoms with E-state index in [1.165, 1.54) is 4.78 Å². The quantitative estimate of drug-likeness (QED) is 0.341. The molecular formula is C13H30Cl2N2OP2S. The highest BCUT2D eigenvalue weighted by molar-refractivity contribution is 8.37. The van der Waals surface area contributed by atoms with E-state index in [4.69, 9.17) is 39.0 Å². The number of benzene rings is 1. The molecule has 0 radical (unpaired) electrons. The zero-order valence-corrected chi connectivity index (χ0v) is 14.1. The topological polar surface area (TPSA) is 24.8 Å². The Labute approximate surface area is 149 Å². The van der Waals surface area contributed by atoms with Crippen molar-refractivity contribution in [2.75, 3.05) is 14.2 Å². The Morgan fingerprint density at radius 1 is 1.14 bits per heavy atom. The zero-order valence-electron chi connectivity index (χ0n) is 9.51. The maximum absolute atomic E-state index is 5.78. The van der Waals surface area contributed by atoms with Crippen molar-refractivity contribution in [2.45, 2.75) is 29.7 Å². The van der Waals surface area contributed by atoms with Crippen LogP contribution in [0.5, 0.6) is 5.75 Å². The lowest BCUT2D eigenvalue weighted by Gasteiger charge is -2.15. The van der Waals surface area contributed by atoms with Crippen molar-refractivity contribution in [3.8, 4) is 5.75 Å². The molecule has 0 aliphatic heterocycles. The van der Waals surface area contributed by atoms with E-state index in [1.54, 1.807) is 20.4 Å². The van der Waals surface area contributed by atoms with Gasteiger partial charge < -0.3 is 4.74 Å². The Morgan fingerprint density at radius 3 is 1.90 bits per heavy atom. The second-order valence-corrected chi connectivity index (χ2v) is 10.6. The van der Waals surface area contributed by atoms with Crippen LogP contribution in [0.2, 0.25) is 0 Å². The summed E-state index contributed by atoms with van der Waals surface area (Å²) in [6.07, 6.45) is 1.64. The number of nitrogens with zero attached hydrogens (tertiary/aromatic N) is 2.